The number of anilines is 5. The summed E-state index contributed by atoms with van der Waals surface area (Å²) in [5, 5.41) is 0.00523. The maximum Gasteiger partial charge on any atom is 0.256 e. The highest BCUT2D eigenvalue weighted by atomic mass is 16.5. The predicted octanol–water partition coefficient (Wildman–Crippen LogP) is 24.9. The third kappa shape index (κ3) is 11.5. The second-order valence-electron chi connectivity index (χ2n) is 35.0. The largest absolute Gasteiger partial charge is 0.459 e. The topological polar surface area (TPSA) is 20.6 Å². The number of allylic oxidation sites excluding steroid dienone is 4. The molecule has 0 saturated heterocycles. The average molecular weight is 1500 g/mol. The van der Waals surface area contributed by atoms with Crippen LogP contribution in [0.3, 0.4) is 0 Å². The van der Waals surface area contributed by atoms with Crippen LogP contribution >= 0.6 is 0 Å². The van der Waals surface area contributed by atoms with Gasteiger partial charge in [0.1, 0.15) is 11.5 Å². The summed E-state index contributed by atoms with van der Waals surface area (Å²) in [6.07, 6.45) is 15.4. The maximum absolute atomic E-state index is 12.6. The highest BCUT2D eigenvalue weighted by Crippen LogP contribution is 2.57. The molecule has 5 heterocycles. The van der Waals surface area contributed by atoms with Crippen molar-refractivity contribution in [1.29, 1.82) is 0 Å². The van der Waals surface area contributed by atoms with Gasteiger partial charge in [0.2, 0.25) is 0 Å². The fourth-order valence-corrected chi connectivity index (χ4v) is 19.3. The molecule has 0 bridgehead atoms. The molecule has 0 amide bonds. The Labute approximate surface area is 705 Å². The van der Waals surface area contributed by atoms with Crippen molar-refractivity contribution >= 4 is 96.4 Å². The minimum atomic E-state index is -1.72. The van der Waals surface area contributed by atoms with Crippen molar-refractivity contribution in [2.24, 2.45) is 23.2 Å². The van der Waals surface area contributed by atoms with Gasteiger partial charge in [-0.3, -0.25) is 0 Å². The number of hydrogen-bond donors (Lipinski definition) is 0. The first kappa shape index (κ1) is 50.5. The Balaban J connectivity index is 1.05. The molecule has 14 aromatic rings. The SMILES string of the molecule is [2H]c1c([2H])c([2H])c(-c2c([2H])c([2H])c3c(c2[2H])Oc2c4c(c([2H])c5c2B3c2c([2H])c(-c3ccccc3)c([2H])c3c6c([2H])c(-c7ccccc7)c([2H])c([2H])c6n-5c23)N(c2c(-c3ccccc3)cc(C(C)(C)C)cc2-c2ccccc2)c2cc(C(C)(C)C)cc3c2B4c2c([2H])c([2H])c(-c4c([2H])c([2H])c([2H])c([2H])c4[2H])c([2H])c2N3C2C(C3CC=CCC3)=CC(C(C)(C)C)CC2C2=CCCCC2)c([2H])c1[2H]. The summed E-state index contributed by atoms with van der Waals surface area (Å²) >= 11 is 0. The molecule has 0 spiro atoms. The van der Waals surface area contributed by atoms with Crippen LogP contribution in [0.15, 0.2) is 314 Å². The van der Waals surface area contributed by atoms with Crippen molar-refractivity contribution in [3.63, 3.8) is 0 Å². The maximum atomic E-state index is 12.6. The Hall–Kier alpha value is -11.6. The van der Waals surface area contributed by atoms with Gasteiger partial charge in [-0.2, -0.15) is 0 Å². The van der Waals surface area contributed by atoms with Gasteiger partial charge in [-0.1, -0.05) is 310 Å². The zero-order valence-corrected chi connectivity index (χ0v) is 65.5. The molecule has 0 N–H and O–H groups in total. The van der Waals surface area contributed by atoms with Crippen LogP contribution in [-0.4, -0.2) is 24.0 Å². The van der Waals surface area contributed by atoms with E-state index in [1.807, 2.05) is 60.7 Å². The first-order valence-electron chi connectivity index (χ1n) is 51.3. The number of hydrogen-bond acceptors (Lipinski definition) is 3. The van der Waals surface area contributed by atoms with Gasteiger partial charge >= 0.3 is 0 Å². The molecule has 21 rings (SSSR count). The highest BCUT2D eigenvalue weighted by molar-refractivity contribution is 7.03. The number of ether oxygens (including phenoxy) is 1. The molecule has 7 aliphatic rings. The third-order valence-corrected chi connectivity index (χ3v) is 25.0. The lowest BCUT2D eigenvalue weighted by atomic mass is 9.30. The van der Waals surface area contributed by atoms with Crippen molar-refractivity contribution in [3.8, 4) is 83.9 Å². The molecule has 4 nitrogen and oxygen atoms in total. The van der Waals surface area contributed by atoms with Gasteiger partial charge in [0.25, 0.3) is 13.4 Å². The zero-order chi connectivity index (χ0) is 96.2. The molecule has 556 valence electrons. The van der Waals surface area contributed by atoms with Crippen LogP contribution in [0.2, 0.25) is 0 Å². The van der Waals surface area contributed by atoms with Gasteiger partial charge in [0.05, 0.1) is 47.4 Å². The number of aromatic nitrogens is 1. The molecule has 0 radical (unpaired) electrons. The number of rotatable bonds is 10. The van der Waals surface area contributed by atoms with Crippen LogP contribution < -0.4 is 47.3 Å². The molecule has 114 heavy (non-hydrogen) atoms. The first-order valence-corrected chi connectivity index (χ1v) is 40.3. The van der Waals surface area contributed by atoms with E-state index in [9.17, 15) is 27.4 Å². The fraction of sp³-hybridized carbons (Fsp3) is 0.222. The summed E-state index contributed by atoms with van der Waals surface area (Å²) in [5.74, 6) is -1.22. The second kappa shape index (κ2) is 27.1. The van der Waals surface area contributed by atoms with E-state index in [0.717, 1.165) is 66.4 Å². The van der Waals surface area contributed by atoms with Gasteiger partial charge in [-0.05, 0) is 245 Å². The van der Waals surface area contributed by atoms with Gasteiger partial charge in [0, 0.05) is 61.8 Å². The Morgan fingerprint density at radius 2 is 1.04 bits per heavy atom. The fourth-order valence-electron chi connectivity index (χ4n) is 19.3. The molecule has 1 aromatic heterocycles. The molecule has 4 atom stereocenters. The van der Waals surface area contributed by atoms with Crippen LogP contribution in [-0.2, 0) is 10.8 Å². The lowest BCUT2D eigenvalue weighted by Gasteiger charge is -2.53. The molecular formula is C108H97B2N3O. The minimum absolute atomic E-state index is 0.00199. The number of benzene rings is 13. The summed E-state index contributed by atoms with van der Waals surface area (Å²) in [6, 6.07) is 31.7. The second-order valence-corrected chi connectivity index (χ2v) is 35.0. The normalized spacial score (nSPS) is 20.7. The summed E-state index contributed by atoms with van der Waals surface area (Å²) in [6.45, 7) is 16.3. The molecule has 0 fully saturated rings. The van der Waals surface area contributed by atoms with Crippen LogP contribution in [0.5, 0.6) is 11.5 Å². The van der Waals surface area contributed by atoms with Crippen LogP contribution in [0.1, 0.15) is 155 Å². The third-order valence-electron chi connectivity index (χ3n) is 25.0. The Bertz CT molecular complexity index is 7590. The zero-order valence-electron chi connectivity index (χ0n) is 87.5. The van der Waals surface area contributed by atoms with E-state index >= 15 is 0 Å². The molecule has 0 saturated carbocycles. The van der Waals surface area contributed by atoms with E-state index in [1.165, 1.54) is 5.57 Å². The standard InChI is InChI=1S/C108H97B2N3O/c1-106(2,3)80-61-83(72-42-26-14-27-43-72)102(84(62-80)73-44-28-15-29-45-73)112-93-59-77(69-36-20-11-21-37-69)50-53-89(93)110-99-94(112)65-82(108(7,8)9)66-95(99)113(103-85(74-46-30-16-31-47-74)63-81(107(4,5)6)64-86(103)75-48-32-17-33-49-75)97-67-96-100-105(101(97)110)114-98-60-78(70-38-22-12-23-39-70)51-54-90(98)109(100)91-58-79(71-40-24-13-25-41-71)57-88-87-56-76(68-34-18-10-19-35-68)52-55-92(87)111(96)104(88)91/h10-14,16-26,30-41,44,46-61,63-67,72,80,84,102H,15,27-29,42-43,45,62H2,1-9H3/i11D,12D,20D,21D,22D,23D,36D,37D,38D,39D,50D,51D,52D,53D,54D,55D,56D,57D,58D,59D,60D,67D. The number of nitrogens with zero attached hydrogens (tertiary/aromatic N) is 3. The molecule has 3 aliphatic carbocycles. The lowest BCUT2D eigenvalue weighted by Crippen LogP contribution is -2.66. The summed E-state index contributed by atoms with van der Waals surface area (Å²) in [7, 11) is 0. The van der Waals surface area contributed by atoms with E-state index in [0.29, 0.717) is 57.6 Å². The van der Waals surface area contributed by atoms with Crippen molar-refractivity contribution in [2.75, 3.05) is 9.80 Å². The first-order chi connectivity index (χ1) is 64.7. The molecule has 4 unspecified atom stereocenters. The van der Waals surface area contributed by atoms with Crippen LogP contribution in [0.25, 0.3) is 94.3 Å². The van der Waals surface area contributed by atoms with E-state index in [2.05, 4.69) is 121 Å². The lowest BCUT2D eigenvalue weighted by molar-refractivity contribution is 0.220. The van der Waals surface area contributed by atoms with Crippen LogP contribution in [0, 0.1) is 23.2 Å². The van der Waals surface area contributed by atoms with Gasteiger partial charge in [0.15, 0.2) is 0 Å². The van der Waals surface area contributed by atoms with Crippen molar-refractivity contribution in [3.05, 3.63) is 325 Å². The summed E-state index contributed by atoms with van der Waals surface area (Å²) < 4.78 is 239. The van der Waals surface area contributed by atoms with Crippen molar-refractivity contribution < 1.29 is 34.9 Å². The monoisotopic (exact) mass is 1500 g/mol. The van der Waals surface area contributed by atoms with E-state index in [1.54, 1.807) is 65.2 Å². The summed E-state index contributed by atoms with van der Waals surface area (Å²) in [4.78, 5) is 4.32. The quantitative estimate of drug-likeness (QED) is 0.101. The van der Waals surface area contributed by atoms with Gasteiger partial charge in [-0.15, -0.1) is 0 Å². The molecule has 4 aliphatic heterocycles. The smallest absolute Gasteiger partial charge is 0.256 e. The van der Waals surface area contributed by atoms with Crippen molar-refractivity contribution in [2.45, 2.75) is 131 Å². The minimum Gasteiger partial charge on any atom is -0.459 e. The molecule has 6 heteroatoms. The van der Waals surface area contributed by atoms with E-state index in [-0.39, 0.29) is 130 Å². The number of fused-ring (bicyclic) bond motifs is 12. The predicted molar refractivity (Wildman–Crippen MR) is 486 cm³/mol. The van der Waals surface area contributed by atoms with Crippen LogP contribution in [0.4, 0.5) is 28.4 Å². The Kier molecular flexibility index (Phi) is 12.0. The van der Waals surface area contributed by atoms with E-state index < -0.39 is 167 Å². The highest BCUT2D eigenvalue weighted by Gasteiger charge is 2.54. The van der Waals surface area contributed by atoms with Gasteiger partial charge in [-0.25, -0.2) is 0 Å². The van der Waals surface area contributed by atoms with E-state index in [4.69, 9.17) is 7.48 Å². The molecule has 13 aromatic carbocycles. The summed E-state index contributed by atoms with van der Waals surface area (Å²) in [5.41, 5.74) is 5.23. The van der Waals surface area contributed by atoms with Gasteiger partial charge < -0.3 is 19.1 Å². The Morgan fingerprint density at radius 1 is 0.456 bits per heavy atom. The van der Waals surface area contributed by atoms with Crippen molar-refractivity contribution in [1.82, 2.24) is 4.57 Å². The Morgan fingerprint density at radius 3 is 1.65 bits per heavy atom. The molecular weight excluding hydrogens is 1380 g/mol. The average Bonchev–Trinajstić information content (AvgIpc) is 1.21.